The zero-order valence-electron chi connectivity index (χ0n) is 27.9. The lowest BCUT2D eigenvalue weighted by molar-refractivity contribution is -0.877. The number of piperazine rings is 1. The van der Waals surface area contributed by atoms with Crippen LogP contribution in [-0.4, -0.2) is 115 Å². The van der Waals surface area contributed by atoms with Crippen molar-refractivity contribution >= 4 is 57.9 Å². The summed E-state index contributed by atoms with van der Waals surface area (Å²) in [7, 11) is 3.34. The van der Waals surface area contributed by atoms with E-state index in [0.717, 1.165) is 5.69 Å². The maximum absolute atomic E-state index is 14.0. The first-order valence-corrected chi connectivity index (χ1v) is 16.2. The van der Waals surface area contributed by atoms with Crippen molar-refractivity contribution in [1.82, 2.24) is 39.9 Å². The van der Waals surface area contributed by atoms with E-state index in [0.29, 0.717) is 29.6 Å². The van der Waals surface area contributed by atoms with Gasteiger partial charge in [-0.1, -0.05) is 20.8 Å². The molecule has 5 heterocycles. The monoisotopic (exact) mass is 677 g/mol. The molecule has 0 aromatic carbocycles. The summed E-state index contributed by atoms with van der Waals surface area (Å²) in [5.41, 5.74) is 1.14. The number of anilines is 2. The van der Waals surface area contributed by atoms with E-state index in [1.165, 1.54) is 21.9 Å². The number of carbonyl (C=O) groups excluding carboxylic acids is 3. The molecule has 0 aliphatic carbocycles. The van der Waals surface area contributed by atoms with Crippen LogP contribution in [0, 0.1) is 0 Å². The number of carboxylic acid groups (broad SMARTS) is 1. The Hall–Kier alpha value is -5.03. The standard InChI is InChI=1S/C31H39N11O5S/c1-18-13-39(14-19(2)41(18)25(43)15-42(6,7)16-26(44)45)27-21(8-9-23-35-37-38-36-23)29(47)40-11-10-20(12-24(40)33-27)28(46)34-30-32-22(17-48-30)31(3,4)5/h8-12,17-19H,13-16H2,1-7H3,(H2-,32,34,35,36,37,38,44,45,46). The molecule has 4 aromatic rings. The van der Waals surface area contributed by atoms with Crippen LogP contribution in [0.3, 0.4) is 0 Å². The number of fused-ring (bicyclic) bond motifs is 1. The second kappa shape index (κ2) is 13.2. The minimum atomic E-state index is -1.23. The Morgan fingerprint density at radius 3 is 2.44 bits per heavy atom. The summed E-state index contributed by atoms with van der Waals surface area (Å²) in [5.74, 6) is -1.17. The number of thiazole rings is 1. The van der Waals surface area contributed by atoms with Gasteiger partial charge in [0.25, 0.3) is 17.4 Å². The van der Waals surface area contributed by atoms with Crippen molar-refractivity contribution in [3.05, 3.63) is 56.7 Å². The molecule has 16 nitrogen and oxygen atoms in total. The van der Waals surface area contributed by atoms with Crippen molar-refractivity contribution in [3.63, 3.8) is 0 Å². The molecule has 0 spiro atoms. The van der Waals surface area contributed by atoms with Crippen LogP contribution in [0.2, 0.25) is 0 Å². The smallest absolute Gasteiger partial charge is 0.278 e. The SMILES string of the molecule is CC1CN(c2nc3cc(C(=O)Nc4nc(C(C)(C)C)cs4)ccn3c(=O)c2C=Cc2nn[nH]n2)CC(C)N1C(=O)C[N+](C)(C)CC(=O)[O-]. The highest BCUT2D eigenvalue weighted by Gasteiger charge is 2.37. The van der Waals surface area contributed by atoms with Crippen molar-refractivity contribution in [3.8, 4) is 0 Å². The van der Waals surface area contributed by atoms with Crippen LogP contribution in [0.4, 0.5) is 10.9 Å². The molecule has 0 radical (unpaired) electrons. The summed E-state index contributed by atoms with van der Waals surface area (Å²) in [6.45, 7) is 10.3. The summed E-state index contributed by atoms with van der Waals surface area (Å²) < 4.78 is 1.31. The van der Waals surface area contributed by atoms with Crippen molar-refractivity contribution in [2.75, 3.05) is 50.5 Å². The predicted octanol–water partition coefficient (Wildman–Crippen LogP) is 0.636. The summed E-state index contributed by atoms with van der Waals surface area (Å²) in [5, 5.41) is 30.3. The highest BCUT2D eigenvalue weighted by molar-refractivity contribution is 7.14. The van der Waals surface area contributed by atoms with E-state index >= 15 is 0 Å². The molecular weight excluding hydrogens is 638 g/mol. The van der Waals surface area contributed by atoms with Gasteiger partial charge < -0.3 is 24.2 Å². The largest absolute Gasteiger partial charge is 0.544 e. The molecule has 0 bridgehead atoms. The third-order valence-corrected chi connectivity index (χ3v) is 8.75. The lowest BCUT2D eigenvalue weighted by Crippen LogP contribution is -2.62. The van der Waals surface area contributed by atoms with E-state index in [1.54, 1.807) is 43.3 Å². The fourth-order valence-electron chi connectivity index (χ4n) is 5.75. The Kier molecular flexibility index (Phi) is 9.46. The van der Waals surface area contributed by atoms with E-state index in [1.807, 2.05) is 44.9 Å². The number of aromatic nitrogens is 7. The molecule has 0 saturated carbocycles. The first-order valence-electron chi connectivity index (χ1n) is 15.4. The molecule has 5 rings (SSSR count). The van der Waals surface area contributed by atoms with E-state index in [4.69, 9.17) is 4.98 Å². The molecule has 1 saturated heterocycles. The number of tetrazole rings is 1. The van der Waals surface area contributed by atoms with E-state index in [-0.39, 0.29) is 63.6 Å². The van der Waals surface area contributed by atoms with Crippen LogP contribution in [0.25, 0.3) is 17.8 Å². The number of likely N-dealkylation sites (N-methyl/N-ethyl adjacent to an activating group) is 1. The van der Waals surface area contributed by atoms with Crippen LogP contribution in [0.5, 0.6) is 0 Å². The Labute approximate surface area is 280 Å². The zero-order valence-corrected chi connectivity index (χ0v) is 28.7. The molecule has 2 atom stereocenters. The molecule has 2 unspecified atom stereocenters. The van der Waals surface area contributed by atoms with Gasteiger partial charge in [-0.25, -0.2) is 9.97 Å². The Morgan fingerprint density at radius 1 is 1.12 bits per heavy atom. The highest BCUT2D eigenvalue weighted by Crippen LogP contribution is 2.28. The average molecular weight is 678 g/mol. The lowest BCUT2D eigenvalue weighted by Gasteiger charge is -2.46. The van der Waals surface area contributed by atoms with Crippen LogP contribution < -0.4 is 20.9 Å². The van der Waals surface area contributed by atoms with Gasteiger partial charge in [-0.15, -0.1) is 21.5 Å². The fraction of sp³-hybridized carbons (Fsp3) is 0.452. The number of nitrogens with zero attached hydrogens (tertiary/aromatic N) is 9. The normalized spacial score (nSPS) is 17.3. The number of nitrogens with one attached hydrogen (secondary N) is 2. The van der Waals surface area contributed by atoms with Gasteiger partial charge in [0.1, 0.15) is 18.0 Å². The molecule has 2 amide bonds. The number of hydrogen-bond acceptors (Lipinski definition) is 12. The molecule has 17 heteroatoms. The third-order valence-electron chi connectivity index (χ3n) is 7.99. The molecule has 4 aromatic heterocycles. The quantitative estimate of drug-likeness (QED) is 0.236. The number of aromatic amines is 1. The van der Waals surface area contributed by atoms with Crippen molar-refractivity contribution in [2.24, 2.45) is 0 Å². The van der Waals surface area contributed by atoms with Crippen LogP contribution >= 0.6 is 11.3 Å². The van der Waals surface area contributed by atoms with Crippen molar-refractivity contribution in [1.29, 1.82) is 0 Å². The maximum atomic E-state index is 14.0. The van der Waals surface area contributed by atoms with E-state index < -0.39 is 11.9 Å². The van der Waals surface area contributed by atoms with Gasteiger partial charge in [-0.3, -0.25) is 24.1 Å². The summed E-state index contributed by atoms with van der Waals surface area (Å²) in [4.78, 5) is 64.9. The van der Waals surface area contributed by atoms with E-state index in [9.17, 15) is 24.3 Å². The van der Waals surface area contributed by atoms with Gasteiger partial charge in [-0.2, -0.15) is 5.21 Å². The molecular formula is C31H39N11O5S. The molecule has 254 valence electrons. The molecule has 1 aliphatic rings. The number of quaternary nitrogens is 1. The number of carbonyl (C=O) groups is 3. The number of rotatable bonds is 9. The van der Waals surface area contributed by atoms with Gasteiger partial charge >= 0.3 is 0 Å². The van der Waals surface area contributed by atoms with Crippen LogP contribution in [0.15, 0.2) is 28.5 Å². The minimum absolute atomic E-state index is 0.0136. The van der Waals surface area contributed by atoms with Crippen LogP contribution in [-0.2, 0) is 15.0 Å². The molecule has 1 fully saturated rings. The number of hydrogen-bond donors (Lipinski definition) is 2. The molecule has 1 aliphatic heterocycles. The average Bonchev–Trinajstić information content (AvgIpc) is 3.67. The summed E-state index contributed by atoms with van der Waals surface area (Å²) in [6.07, 6.45) is 4.63. The van der Waals surface area contributed by atoms with Crippen LogP contribution in [0.1, 0.15) is 62.1 Å². The number of amides is 2. The van der Waals surface area contributed by atoms with Gasteiger partial charge in [0.05, 0.1) is 31.3 Å². The first-order chi connectivity index (χ1) is 22.5. The molecule has 48 heavy (non-hydrogen) atoms. The van der Waals surface area contributed by atoms with Gasteiger partial charge in [0.15, 0.2) is 17.5 Å². The Bertz CT molecular complexity index is 1910. The third kappa shape index (κ3) is 7.57. The Balaban J connectivity index is 1.48. The van der Waals surface area contributed by atoms with Gasteiger partial charge in [-0.05, 0) is 43.3 Å². The summed E-state index contributed by atoms with van der Waals surface area (Å²) in [6, 6.07) is 2.50. The number of carboxylic acids is 1. The first kappa shape index (κ1) is 34.3. The van der Waals surface area contributed by atoms with E-state index in [2.05, 4.69) is 30.9 Å². The minimum Gasteiger partial charge on any atom is -0.544 e. The summed E-state index contributed by atoms with van der Waals surface area (Å²) >= 11 is 1.34. The number of aliphatic carboxylic acids is 1. The molecule has 2 N–H and O–H groups in total. The Morgan fingerprint density at radius 2 is 1.83 bits per heavy atom. The second-order valence-electron chi connectivity index (χ2n) is 13.7. The number of H-pyrrole nitrogens is 1. The highest BCUT2D eigenvalue weighted by atomic mass is 32.1. The zero-order chi connectivity index (χ0) is 35.0. The second-order valence-corrected chi connectivity index (χ2v) is 14.5. The predicted molar refractivity (Wildman–Crippen MR) is 178 cm³/mol. The van der Waals surface area contributed by atoms with Gasteiger partial charge in [0.2, 0.25) is 0 Å². The van der Waals surface area contributed by atoms with Gasteiger partial charge in [0, 0.05) is 47.7 Å². The van der Waals surface area contributed by atoms with Crippen molar-refractivity contribution < 1.29 is 24.0 Å². The lowest BCUT2D eigenvalue weighted by atomic mass is 9.93. The maximum Gasteiger partial charge on any atom is 0.278 e. The van der Waals surface area contributed by atoms with Crippen molar-refractivity contribution in [2.45, 2.75) is 52.1 Å². The number of pyridine rings is 1. The fourth-order valence-corrected chi connectivity index (χ4v) is 6.68. The topological polar surface area (TPSA) is 194 Å².